The first-order valence-electron chi connectivity index (χ1n) is 7.99. The molecule has 1 aromatic carbocycles. The summed E-state index contributed by atoms with van der Waals surface area (Å²) in [5.41, 5.74) is -0.817. The van der Waals surface area contributed by atoms with Crippen molar-refractivity contribution in [3.8, 4) is 6.07 Å². The Bertz CT molecular complexity index is 662. The topological polar surface area (TPSA) is 76.4 Å². The first-order chi connectivity index (χ1) is 11.0. The van der Waals surface area contributed by atoms with E-state index in [1.807, 2.05) is 52.0 Å². The van der Waals surface area contributed by atoms with Gasteiger partial charge in [-0.25, -0.2) is 4.79 Å². The van der Waals surface area contributed by atoms with Crippen molar-refractivity contribution < 1.29 is 9.90 Å². The largest absolute Gasteiger partial charge is 0.465 e. The molecule has 6 heteroatoms. The second-order valence-corrected chi connectivity index (χ2v) is 8.96. The summed E-state index contributed by atoms with van der Waals surface area (Å²) >= 11 is 2.24. The molecular weight excluding hydrogens is 417 g/mol. The lowest BCUT2D eigenvalue weighted by molar-refractivity contribution is -0.0243. The number of amides is 1. The molecule has 0 bridgehead atoms. The summed E-state index contributed by atoms with van der Waals surface area (Å²) < 4.78 is 1.13. The molecule has 2 atom stereocenters. The average Bonchev–Trinajstić information content (AvgIpc) is 2.48. The van der Waals surface area contributed by atoms with Crippen molar-refractivity contribution in [2.24, 2.45) is 5.41 Å². The van der Waals surface area contributed by atoms with E-state index in [-0.39, 0.29) is 5.41 Å². The van der Waals surface area contributed by atoms with Crippen LogP contribution in [0, 0.1) is 20.3 Å². The summed E-state index contributed by atoms with van der Waals surface area (Å²) in [6.45, 7) is 8.37. The van der Waals surface area contributed by atoms with Gasteiger partial charge in [0.1, 0.15) is 5.54 Å². The Kier molecular flexibility index (Phi) is 5.05. The fraction of sp³-hybridized carbons (Fsp3) is 0.556. The molecule has 1 aliphatic heterocycles. The number of halogens is 1. The van der Waals surface area contributed by atoms with Gasteiger partial charge in [0.25, 0.3) is 0 Å². The molecule has 1 saturated heterocycles. The fourth-order valence-electron chi connectivity index (χ4n) is 3.34. The molecule has 1 fully saturated rings. The van der Waals surface area contributed by atoms with Crippen LogP contribution in [0.3, 0.4) is 0 Å². The lowest BCUT2D eigenvalue weighted by Gasteiger charge is -2.55. The van der Waals surface area contributed by atoms with E-state index in [1.165, 1.54) is 4.90 Å². The van der Waals surface area contributed by atoms with E-state index in [9.17, 15) is 15.2 Å². The van der Waals surface area contributed by atoms with E-state index in [2.05, 4.69) is 34.0 Å². The number of hydrogen-bond donors (Lipinski definition) is 2. The minimum Gasteiger partial charge on any atom is -0.465 e. The zero-order valence-corrected chi connectivity index (χ0v) is 16.7. The highest BCUT2D eigenvalue weighted by Gasteiger charge is 2.54. The van der Waals surface area contributed by atoms with Gasteiger partial charge in [-0.1, -0.05) is 20.8 Å². The van der Waals surface area contributed by atoms with Crippen LogP contribution in [0.4, 0.5) is 10.5 Å². The summed E-state index contributed by atoms with van der Waals surface area (Å²) in [6, 6.07) is 10.3. The molecule has 0 saturated carbocycles. The number of hydrogen-bond acceptors (Lipinski definition) is 3. The Balaban J connectivity index is 2.37. The smallest absolute Gasteiger partial charge is 0.407 e. The standard InChI is InChI=1S/C18H24IN3O2/c1-16(2,3)17(4)11-18(12-20,9-10-22(17)15(23)24)21-14-7-5-13(19)6-8-14/h5-8,21H,9-11H2,1-4H3,(H,23,24). The third kappa shape index (κ3) is 3.46. The zero-order valence-electron chi connectivity index (χ0n) is 14.6. The normalized spacial score (nSPS) is 27.4. The first kappa shape index (κ1) is 18.8. The van der Waals surface area contributed by atoms with Crippen LogP contribution in [0.1, 0.15) is 40.5 Å². The number of nitrogens with zero attached hydrogens (tertiary/aromatic N) is 2. The number of likely N-dealkylation sites (tertiary alicyclic amines) is 1. The Morgan fingerprint density at radius 3 is 2.42 bits per heavy atom. The molecule has 2 unspecified atom stereocenters. The monoisotopic (exact) mass is 441 g/mol. The maximum Gasteiger partial charge on any atom is 0.407 e. The van der Waals surface area contributed by atoms with E-state index < -0.39 is 17.2 Å². The van der Waals surface area contributed by atoms with E-state index in [0.29, 0.717) is 19.4 Å². The molecule has 5 nitrogen and oxygen atoms in total. The van der Waals surface area contributed by atoms with Crippen molar-refractivity contribution >= 4 is 34.4 Å². The average molecular weight is 441 g/mol. The van der Waals surface area contributed by atoms with E-state index >= 15 is 0 Å². The zero-order chi connectivity index (χ0) is 18.2. The fourth-order valence-corrected chi connectivity index (χ4v) is 3.70. The van der Waals surface area contributed by atoms with Crippen molar-refractivity contribution in [2.75, 3.05) is 11.9 Å². The first-order valence-corrected chi connectivity index (χ1v) is 9.06. The summed E-state index contributed by atoms with van der Waals surface area (Å²) in [4.78, 5) is 13.2. The Labute approximate surface area is 157 Å². The molecule has 0 aromatic heterocycles. The van der Waals surface area contributed by atoms with Crippen LogP contribution in [-0.2, 0) is 0 Å². The van der Waals surface area contributed by atoms with Crippen LogP contribution in [0.5, 0.6) is 0 Å². The predicted octanol–water partition coefficient (Wildman–Crippen LogP) is 4.54. The quantitative estimate of drug-likeness (QED) is 0.661. The maximum atomic E-state index is 11.7. The van der Waals surface area contributed by atoms with Gasteiger partial charge in [0.05, 0.1) is 11.6 Å². The highest BCUT2D eigenvalue weighted by molar-refractivity contribution is 14.1. The minimum atomic E-state index is -0.923. The lowest BCUT2D eigenvalue weighted by atomic mass is 9.64. The molecule has 2 rings (SSSR count). The lowest BCUT2D eigenvalue weighted by Crippen LogP contribution is -2.66. The van der Waals surface area contributed by atoms with Crippen LogP contribution in [0.25, 0.3) is 0 Å². The number of rotatable bonds is 2. The van der Waals surface area contributed by atoms with Gasteiger partial charge in [0, 0.05) is 28.6 Å². The van der Waals surface area contributed by atoms with Crippen molar-refractivity contribution in [1.29, 1.82) is 5.26 Å². The van der Waals surface area contributed by atoms with Crippen molar-refractivity contribution in [3.63, 3.8) is 0 Å². The number of nitriles is 1. The molecule has 0 aliphatic carbocycles. The van der Waals surface area contributed by atoms with Crippen LogP contribution in [0.2, 0.25) is 0 Å². The highest BCUT2D eigenvalue weighted by atomic mass is 127. The number of carbonyl (C=O) groups is 1. The molecule has 1 amide bonds. The number of carboxylic acid groups (broad SMARTS) is 1. The van der Waals surface area contributed by atoms with Gasteiger partial charge < -0.3 is 15.3 Å². The van der Waals surface area contributed by atoms with Gasteiger partial charge >= 0.3 is 6.09 Å². The Hall–Kier alpha value is -1.49. The van der Waals surface area contributed by atoms with Gasteiger partial charge in [-0.15, -0.1) is 0 Å². The highest BCUT2D eigenvalue weighted by Crippen LogP contribution is 2.46. The summed E-state index contributed by atoms with van der Waals surface area (Å²) in [7, 11) is 0. The van der Waals surface area contributed by atoms with Crippen LogP contribution in [-0.4, -0.2) is 33.7 Å². The molecule has 1 heterocycles. The molecule has 130 valence electrons. The minimum absolute atomic E-state index is 0.290. The molecular formula is C18H24IN3O2. The molecule has 2 N–H and O–H groups in total. The predicted molar refractivity (Wildman–Crippen MR) is 103 cm³/mol. The van der Waals surface area contributed by atoms with Crippen molar-refractivity contribution in [2.45, 2.75) is 51.6 Å². The third-order valence-corrected chi connectivity index (χ3v) is 6.01. The second kappa shape index (κ2) is 6.43. The number of nitrogens with one attached hydrogen (secondary N) is 1. The molecule has 1 aliphatic rings. The van der Waals surface area contributed by atoms with Crippen LogP contribution >= 0.6 is 22.6 Å². The Morgan fingerprint density at radius 1 is 1.38 bits per heavy atom. The third-order valence-electron chi connectivity index (χ3n) is 5.29. The van der Waals surface area contributed by atoms with Gasteiger partial charge in [0.2, 0.25) is 0 Å². The van der Waals surface area contributed by atoms with Crippen LogP contribution in [0.15, 0.2) is 24.3 Å². The molecule has 24 heavy (non-hydrogen) atoms. The molecule has 1 aromatic rings. The summed E-state index contributed by atoms with van der Waals surface area (Å²) in [5, 5.41) is 22.9. The Morgan fingerprint density at radius 2 is 1.96 bits per heavy atom. The number of piperidine rings is 1. The van der Waals surface area contributed by atoms with Crippen molar-refractivity contribution in [1.82, 2.24) is 4.90 Å². The van der Waals surface area contributed by atoms with E-state index in [1.54, 1.807) is 0 Å². The summed E-state index contributed by atoms with van der Waals surface area (Å²) in [5.74, 6) is 0. The van der Waals surface area contributed by atoms with Crippen molar-refractivity contribution in [3.05, 3.63) is 27.8 Å². The molecule has 0 radical (unpaired) electrons. The maximum absolute atomic E-state index is 11.7. The van der Waals surface area contributed by atoms with Gasteiger partial charge in [-0.2, -0.15) is 5.26 Å². The number of benzene rings is 1. The van der Waals surface area contributed by atoms with E-state index in [4.69, 9.17) is 0 Å². The van der Waals surface area contributed by atoms with E-state index in [0.717, 1.165) is 9.26 Å². The number of anilines is 1. The molecule has 0 spiro atoms. The van der Waals surface area contributed by atoms with Gasteiger partial charge in [-0.3, -0.25) is 0 Å². The SMILES string of the molecule is CC(C)(C)C1(C)CC(C#N)(Nc2ccc(I)cc2)CCN1C(=O)O. The van der Waals surface area contributed by atoms with Gasteiger partial charge in [-0.05, 0) is 59.2 Å². The van der Waals surface area contributed by atoms with Crippen LogP contribution < -0.4 is 5.32 Å². The van der Waals surface area contributed by atoms with Gasteiger partial charge in [0.15, 0.2) is 0 Å². The summed E-state index contributed by atoms with van der Waals surface area (Å²) in [6.07, 6.45) is -0.0145. The second-order valence-electron chi connectivity index (χ2n) is 7.71.